The lowest BCUT2D eigenvalue weighted by Crippen LogP contribution is -2.11. The van der Waals surface area contributed by atoms with Crippen LogP contribution in [0.25, 0.3) is 0 Å². The molecule has 1 N–H and O–H groups in total. The molecule has 0 heterocycles. The molecular formula is C11H8O4. The third kappa shape index (κ3) is 1.40. The Balaban J connectivity index is 2.71. The lowest BCUT2D eigenvalue weighted by Gasteiger charge is -2.12. The number of fused-ring (bicyclic) bond motifs is 1. The quantitative estimate of drug-likeness (QED) is 0.749. The summed E-state index contributed by atoms with van der Waals surface area (Å²) in [5.74, 6) is -0.557. The van der Waals surface area contributed by atoms with E-state index >= 15 is 0 Å². The number of phenolic OH excluding ortho intramolecular Hbond substituents is 1. The SMILES string of the molecule is COc1cc(O)c2c(c1)C(=O)C=CC2=O. The summed E-state index contributed by atoms with van der Waals surface area (Å²) in [4.78, 5) is 22.9. The number of ether oxygens (including phenoxy) is 1. The first-order valence-electron chi connectivity index (χ1n) is 4.31. The minimum absolute atomic E-state index is 0.0447. The zero-order valence-electron chi connectivity index (χ0n) is 7.98. The van der Waals surface area contributed by atoms with E-state index in [1.54, 1.807) is 0 Å². The zero-order chi connectivity index (χ0) is 11.0. The van der Waals surface area contributed by atoms with Crippen LogP contribution in [-0.4, -0.2) is 23.8 Å². The van der Waals surface area contributed by atoms with Crippen molar-refractivity contribution in [2.24, 2.45) is 0 Å². The van der Waals surface area contributed by atoms with E-state index in [0.29, 0.717) is 5.75 Å². The summed E-state index contributed by atoms with van der Waals surface area (Å²) in [6.45, 7) is 0. The first kappa shape index (κ1) is 9.45. The fourth-order valence-corrected chi connectivity index (χ4v) is 1.50. The Kier molecular flexibility index (Phi) is 2.04. The molecule has 0 saturated carbocycles. The van der Waals surface area contributed by atoms with Gasteiger partial charge in [-0.1, -0.05) is 0 Å². The van der Waals surface area contributed by atoms with Gasteiger partial charge in [-0.2, -0.15) is 0 Å². The van der Waals surface area contributed by atoms with E-state index in [9.17, 15) is 14.7 Å². The minimum Gasteiger partial charge on any atom is -0.507 e. The van der Waals surface area contributed by atoms with E-state index in [2.05, 4.69) is 0 Å². The molecule has 1 aromatic rings. The third-order valence-electron chi connectivity index (χ3n) is 2.22. The second-order valence-electron chi connectivity index (χ2n) is 3.13. The highest BCUT2D eigenvalue weighted by molar-refractivity contribution is 6.23. The van der Waals surface area contributed by atoms with Crippen LogP contribution in [0.1, 0.15) is 20.7 Å². The van der Waals surface area contributed by atoms with E-state index in [-0.39, 0.29) is 28.4 Å². The van der Waals surface area contributed by atoms with Gasteiger partial charge in [0.05, 0.1) is 12.7 Å². The maximum atomic E-state index is 11.4. The van der Waals surface area contributed by atoms with Crippen molar-refractivity contribution >= 4 is 11.6 Å². The highest BCUT2D eigenvalue weighted by Crippen LogP contribution is 2.30. The van der Waals surface area contributed by atoms with Gasteiger partial charge in [0.15, 0.2) is 11.6 Å². The van der Waals surface area contributed by atoms with Crippen molar-refractivity contribution < 1.29 is 19.4 Å². The molecule has 0 atom stereocenters. The van der Waals surface area contributed by atoms with Crippen molar-refractivity contribution in [2.75, 3.05) is 7.11 Å². The highest BCUT2D eigenvalue weighted by Gasteiger charge is 2.23. The summed E-state index contributed by atoms with van der Waals surface area (Å²) in [5.41, 5.74) is 0.225. The van der Waals surface area contributed by atoms with Crippen LogP contribution in [0.4, 0.5) is 0 Å². The molecule has 4 nitrogen and oxygen atoms in total. The minimum atomic E-state index is -0.371. The monoisotopic (exact) mass is 204 g/mol. The van der Waals surface area contributed by atoms with Crippen LogP contribution >= 0.6 is 0 Å². The van der Waals surface area contributed by atoms with Gasteiger partial charge >= 0.3 is 0 Å². The number of hydrogen-bond donors (Lipinski definition) is 1. The van der Waals surface area contributed by atoms with Crippen molar-refractivity contribution in [3.8, 4) is 11.5 Å². The Labute approximate surface area is 85.8 Å². The molecule has 0 aliphatic heterocycles. The number of allylic oxidation sites excluding steroid dienone is 2. The Morgan fingerprint density at radius 1 is 1.13 bits per heavy atom. The van der Waals surface area contributed by atoms with Crippen molar-refractivity contribution in [1.29, 1.82) is 0 Å². The summed E-state index contributed by atoms with van der Waals surface area (Å²) in [7, 11) is 1.42. The Hall–Kier alpha value is -2.10. The molecule has 1 aliphatic rings. The summed E-state index contributed by atoms with van der Waals surface area (Å²) in [6.07, 6.45) is 2.33. The van der Waals surface area contributed by atoms with E-state index < -0.39 is 0 Å². The van der Waals surface area contributed by atoms with E-state index in [1.807, 2.05) is 0 Å². The summed E-state index contributed by atoms with van der Waals surface area (Å²) >= 11 is 0. The fourth-order valence-electron chi connectivity index (χ4n) is 1.50. The van der Waals surface area contributed by atoms with Crippen LogP contribution in [-0.2, 0) is 0 Å². The standard InChI is InChI=1S/C11H8O4/c1-15-6-4-7-8(12)2-3-9(13)11(7)10(14)5-6/h2-5,14H,1H3. The van der Waals surface area contributed by atoms with Crippen LogP contribution in [0.2, 0.25) is 0 Å². The van der Waals surface area contributed by atoms with E-state index in [0.717, 1.165) is 6.08 Å². The van der Waals surface area contributed by atoms with Crippen molar-refractivity contribution in [3.63, 3.8) is 0 Å². The lowest BCUT2D eigenvalue weighted by atomic mass is 9.94. The fraction of sp³-hybridized carbons (Fsp3) is 0.0909. The predicted molar refractivity (Wildman–Crippen MR) is 52.5 cm³/mol. The van der Waals surface area contributed by atoms with Gasteiger partial charge in [0.25, 0.3) is 0 Å². The number of ketones is 2. The molecule has 0 spiro atoms. The first-order valence-corrected chi connectivity index (χ1v) is 4.31. The number of rotatable bonds is 1. The van der Waals surface area contributed by atoms with Gasteiger partial charge < -0.3 is 9.84 Å². The second kappa shape index (κ2) is 3.24. The molecule has 1 aromatic carbocycles. The first-order chi connectivity index (χ1) is 7.13. The predicted octanol–water partition coefficient (Wildman–Crippen LogP) is 1.34. The van der Waals surface area contributed by atoms with E-state index in [4.69, 9.17) is 4.74 Å². The lowest BCUT2D eigenvalue weighted by molar-refractivity contribution is 0.0991. The molecule has 0 saturated heterocycles. The van der Waals surface area contributed by atoms with Crippen LogP contribution in [0.3, 0.4) is 0 Å². The van der Waals surface area contributed by atoms with Gasteiger partial charge in [0.1, 0.15) is 11.5 Å². The molecule has 1 aliphatic carbocycles. The normalized spacial score (nSPS) is 13.9. The van der Waals surface area contributed by atoms with Gasteiger partial charge in [0, 0.05) is 11.6 Å². The number of phenols is 1. The van der Waals surface area contributed by atoms with Crippen LogP contribution in [0, 0.1) is 0 Å². The van der Waals surface area contributed by atoms with Gasteiger partial charge in [-0.15, -0.1) is 0 Å². The van der Waals surface area contributed by atoms with Crippen molar-refractivity contribution in [1.82, 2.24) is 0 Å². The molecule has 0 bridgehead atoms. The number of carbonyl (C=O) groups is 2. The second-order valence-corrected chi connectivity index (χ2v) is 3.13. The number of benzene rings is 1. The summed E-state index contributed by atoms with van der Waals surface area (Å²) < 4.78 is 4.90. The molecule has 0 aromatic heterocycles. The Bertz CT molecular complexity index is 486. The number of aromatic hydroxyl groups is 1. The molecule has 0 unspecified atom stereocenters. The maximum Gasteiger partial charge on any atom is 0.190 e. The third-order valence-corrected chi connectivity index (χ3v) is 2.22. The van der Waals surface area contributed by atoms with Gasteiger partial charge in [0.2, 0.25) is 0 Å². The molecule has 0 fully saturated rings. The largest absolute Gasteiger partial charge is 0.507 e. The smallest absolute Gasteiger partial charge is 0.190 e. The molecule has 0 amide bonds. The van der Waals surface area contributed by atoms with Gasteiger partial charge in [-0.25, -0.2) is 0 Å². The van der Waals surface area contributed by atoms with E-state index in [1.165, 1.54) is 25.3 Å². The number of carbonyl (C=O) groups excluding carboxylic acids is 2. The van der Waals surface area contributed by atoms with Crippen LogP contribution in [0.15, 0.2) is 24.3 Å². The van der Waals surface area contributed by atoms with Crippen molar-refractivity contribution in [2.45, 2.75) is 0 Å². The van der Waals surface area contributed by atoms with Crippen molar-refractivity contribution in [3.05, 3.63) is 35.4 Å². The summed E-state index contributed by atoms with van der Waals surface area (Å²) in [5, 5.41) is 9.57. The summed E-state index contributed by atoms with van der Waals surface area (Å²) in [6, 6.07) is 2.75. The Morgan fingerprint density at radius 3 is 2.47 bits per heavy atom. The molecule has 76 valence electrons. The Morgan fingerprint density at radius 2 is 1.80 bits per heavy atom. The molecule has 15 heavy (non-hydrogen) atoms. The topological polar surface area (TPSA) is 63.6 Å². The number of methoxy groups -OCH3 is 1. The van der Waals surface area contributed by atoms with Gasteiger partial charge in [-0.3, -0.25) is 9.59 Å². The average Bonchev–Trinajstić information content (AvgIpc) is 2.23. The molecule has 2 rings (SSSR count). The molecule has 0 radical (unpaired) electrons. The van der Waals surface area contributed by atoms with Gasteiger partial charge in [-0.05, 0) is 18.2 Å². The van der Waals surface area contributed by atoms with Crippen LogP contribution < -0.4 is 4.74 Å². The zero-order valence-corrected chi connectivity index (χ0v) is 7.98. The average molecular weight is 204 g/mol. The maximum absolute atomic E-state index is 11.4. The molecule has 4 heteroatoms. The number of hydrogen-bond acceptors (Lipinski definition) is 4. The molecular weight excluding hydrogens is 196 g/mol. The van der Waals surface area contributed by atoms with Crippen LogP contribution in [0.5, 0.6) is 11.5 Å². The highest BCUT2D eigenvalue weighted by atomic mass is 16.5.